The molecule has 6 nitrogen and oxygen atoms in total. The van der Waals surface area contributed by atoms with Gasteiger partial charge in [-0.05, 0) is 31.4 Å². The molecule has 142 valence electrons. The summed E-state index contributed by atoms with van der Waals surface area (Å²) in [6.45, 7) is 6.02. The third-order valence-electron chi connectivity index (χ3n) is 4.99. The number of ether oxygens (including phenoxy) is 3. The molecule has 1 unspecified atom stereocenters. The van der Waals surface area contributed by atoms with Gasteiger partial charge >= 0.3 is 0 Å². The van der Waals surface area contributed by atoms with Crippen LogP contribution in [0.2, 0.25) is 0 Å². The third-order valence-corrected chi connectivity index (χ3v) is 4.99. The van der Waals surface area contributed by atoms with E-state index in [9.17, 15) is 0 Å². The fourth-order valence-electron chi connectivity index (χ4n) is 3.58. The largest absolute Gasteiger partial charge is 0.493 e. The van der Waals surface area contributed by atoms with Crippen LogP contribution in [-0.2, 0) is 6.54 Å². The maximum absolute atomic E-state index is 5.65. The average molecular weight is 360 g/mol. The lowest BCUT2D eigenvalue weighted by molar-refractivity contribution is 0.203. The predicted molar refractivity (Wildman–Crippen MR) is 99.1 cm³/mol. The van der Waals surface area contributed by atoms with Crippen molar-refractivity contribution in [3.8, 4) is 17.2 Å². The van der Waals surface area contributed by atoms with Crippen molar-refractivity contribution < 1.29 is 18.7 Å². The minimum Gasteiger partial charge on any atom is -0.493 e. The van der Waals surface area contributed by atoms with Crippen LogP contribution in [-0.4, -0.2) is 37.9 Å². The molecule has 0 N–H and O–H groups in total. The zero-order chi connectivity index (χ0) is 18.7. The van der Waals surface area contributed by atoms with Crippen LogP contribution in [0.15, 0.2) is 22.7 Å². The second-order valence-corrected chi connectivity index (χ2v) is 6.93. The first kappa shape index (κ1) is 18.6. The van der Waals surface area contributed by atoms with Crippen LogP contribution in [0, 0.1) is 0 Å². The topological polar surface area (TPSA) is 57.0 Å². The molecular weight excluding hydrogens is 332 g/mol. The molecule has 1 aromatic carbocycles. The van der Waals surface area contributed by atoms with Crippen molar-refractivity contribution in [2.24, 2.45) is 0 Å². The van der Waals surface area contributed by atoms with Gasteiger partial charge in [0.1, 0.15) is 0 Å². The molecule has 0 saturated carbocycles. The van der Waals surface area contributed by atoms with Crippen molar-refractivity contribution in [3.63, 3.8) is 0 Å². The van der Waals surface area contributed by atoms with E-state index in [4.69, 9.17) is 18.7 Å². The monoisotopic (exact) mass is 360 g/mol. The van der Waals surface area contributed by atoms with Gasteiger partial charge in [-0.2, -0.15) is 0 Å². The van der Waals surface area contributed by atoms with Crippen LogP contribution in [0.5, 0.6) is 17.2 Å². The van der Waals surface area contributed by atoms with Crippen molar-refractivity contribution >= 4 is 0 Å². The molecular formula is C20H28N2O4. The van der Waals surface area contributed by atoms with Crippen LogP contribution in [0.25, 0.3) is 0 Å². The molecule has 1 aliphatic heterocycles. The fourth-order valence-corrected chi connectivity index (χ4v) is 3.58. The van der Waals surface area contributed by atoms with E-state index in [2.05, 4.69) is 30.0 Å². The van der Waals surface area contributed by atoms with Gasteiger partial charge in [0, 0.05) is 18.2 Å². The Balaban J connectivity index is 1.85. The molecule has 1 aliphatic rings. The number of hydrogen-bond donors (Lipinski definition) is 0. The van der Waals surface area contributed by atoms with Crippen LogP contribution in [0.4, 0.5) is 0 Å². The Bertz CT molecular complexity index is 741. The maximum Gasteiger partial charge on any atom is 0.203 e. The van der Waals surface area contributed by atoms with E-state index in [1.807, 2.05) is 12.1 Å². The number of rotatable bonds is 7. The van der Waals surface area contributed by atoms with Crippen molar-refractivity contribution in [2.45, 2.75) is 45.2 Å². The normalized spacial score (nSPS) is 17.7. The van der Waals surface area contributed by atoms with Crippen molar-refractivity contribution in [3.05, 3.63) is 35.2 Å². The summed E-state index contributed by atoms with van der Waals surface area (Å²) < 4.78 is 22.2. The van der Waals surface area contributed by atoms with Gasteiger partial charge in [0.2, 0.25) is 5.75 Å². The van der Waals surface area contributed by atoms with Gasteiger partial charge in [0.15, 0.2) is 17.3 Å². The minimum absolute atomic E-state index is 0.243. The number of likely N-dealkylation sites (tertiary alicyclic amines) is 1. The zero-order valence-electron chi connectivity index (χ0n) is 16.2. The van der Waals surface area contributed by atoms with Crippen LogP contribution >= 0.6 is 0 Å². The van der Waals surface area contributed by atoms with Gasteiger partial charge in [-0.1, -0.05) is 25.1 Å². The summed E-state index contributed by atoms with van der Waals surface area (Å²) in [5.74, 6) is 3.34. The number of methoxy groups -OCH3 is 3. The second kappa shape index (κ2) is 7.99. The Morgan fingerprint density at radius 3 is 2.54 bits per heavy atom. The van der Waals surface area contributed by atoms with Crippen LogP contribution < -0.4 is 14.2 Å². The van der Waals surface area contributed by atoms with Gasteiger partial charge in [-0.3, -0.25) is 4.90 Å². The Morgan fingerprint density at radius 2 is 1.92 bits per heavy atom. The van der Waals surface area contributed by atoms with Gasteiger partial charge in [-0.25, -0.2) is 0 Å². The summed E-state index contributed by atoms with van der Waals surface area (Å²) >= 11 is 0. The summed E-state index contributed by atoms with van der Waals surface area (Å²) in [6.07, 6.45) is 2.21. The molecule has 1 fully saturated rings. The number of hydrogen-bond acceptors (Lipinski definition) is 6. The van der Waals surface area contributed by atoms with Crippen LogP contribution in [0.3, 0.4) is 0 Å². The van der Waals surface area contributed by atoms with Gasteiger partial charge in [0.25, 0.3) is 0 Å². The van der Waals surface area contributed by atoms with Crippen LogP contribution in [0.1, 0.15) is 55.7 Å². The summed E-state index contributed by atoms with van der Waals surface area (Å²) in [4.78, 5) is 2.41. The number of aromatic nitrogens is 1. The molecule has 1 saturated heterocycles. The molecule has 0 aliphatic carbocycles. The zero-order valence-corrected chi connectivity index (χ0v) is 16.2. The van der Waals surface area contributed by atoms with E-state index >= 15 is 0 Å². The maximum atomic E-state index is 5.65. The summed E-state index contributed by atoms with van der Waals surface area (Å²) in [5, 5.41) is 4.22. The van der Waals surface area contributed by atoms with E-state index in [1.54, 1.807) is 21.3 Å². The lowest BCUT2D eigenvalue weighted by atomic mass is 10.1. The Labute approximate surface area is 155 Å². The van der Waals surface area contributed by atoms with E-state index in [0.717, 1.165) is 48.7 Å². The smallest absolute Gasteiger partial charge is 0.203 e. The standard InChI is InChI=1S/C20H28N2O4/c1-13(2)15-11-18(26-21-15)16-7-6-10-22(16)12-14-8-9-17(23-3)20(25-5)19(14)24-4/h8-9,11,13,16H,6-7,10,12H2,1-5H3. The summed E-state index contributed by atoms with van der Waals surface area (Å²) in [6, 6.07) is 6.30. The first-order valence-corrected chi connectivity index (χ1v) is 9.07. The Kier molecular flexibility index (Phi) is 5.71. The lowest BCUT2D eigenvalue weighted by Crippen LogP contribution is -2.23. The van der Waals surface area contributed by atoms with Crippen molar-refractivity contribution in [1.82, 2.24) is 10.1 Å². The molecule has 0 radical (unpaired) electrons. The molecule has 1 atom stereocenters. The van der Waals surface area contributed by atoms with Crippen molar-refractivity contribution in [1.29, 1.82) is 0 Å². The summed E-state index contributed by atoms with van der Waals surface area (Å²) in [7, 11) is 4.92. The Hall–Kier alpha value is -2.21. The van der Waals surface area contributed by atoms with Gasteiger partial charge < -0.3 is 18.7 Å². The summed E-state index contributed by atoms with van der Waals surface area (Å²) in [5.41, 5.74) is 2.08. The first-order chi connectivity index (χ1) is 12.6. The Morgan fingerprint density at radius 1 is 1.15 bits per heavy atom. The average Bonchev–Trinajstić information content (AvgIpc) is 3.30. The fraction of sp³-hybridized carbons (Fsp3) is 0.550. The highest BCUT2D eigenvalue weighted by Crippen LogP contribution is 2.42. The van der Waals surface area contributed by atoms with E-state index in [1.165, 1.54) is 0 Å². The van der Waals surface area contributed by atoms with E-state index in [0.29, 0.717) is 17.4 Å². The SMILES string of the molecule is COc1ccc(CN2CCCC2c2cc(C(C)C)no2)c(OC)c1OC. The highest BCUT2D eigenvalue weighted by Gasteiger charge is 2.31. The molecule has 0 spiro atoms. The molecule has 26 heavy (non-hydrogen) atoms. The van der Waals surface area contributed by atoms with Gasteiger partial charge in [-0.15, -0.1) is 0 Å². The minimum atomic E-state index is 0.243. The van der Waals surface area contributed by atoms with Crippen molar-refractivity contribution in [2.75, 3.05) is 27.9 Å². The lowest BCUT2D eigenvalue weighted by Gasteiger charge is -2.24. The number of benzene rings is 1. The van der Waals surface area contributed by atoms with E-state index < -0.39 is 0 Å². The molecule has 0 bridgehead atoms. The van der Waals surface area contributed by atoms with E-state index in [-0.39, 0.29) is 6.04 Å². The quantitative estimate of drug-likeness (QED) is 0.739. The highest BCUT2D eigenvalue weighted by molar-refractivity contribution is 5.55. The van der Waals surface area contributed by atoms with Gasteiger partial charge in [0.05, 0.1) is 33.1 Å². The molecule has 6 heteroatoms. The molecule has 2 heterocycles. The second-order valence-electron chi connectivity index (χ2n) is 6.93. The molecule has 3 rings (SSSR count). The molecule has 0 amide bonds. The molecule has 1 aromatic heterocycles. The molecule has 2 aromatic rings. The predicted octanol–water partition coefficient (Wildman–Crippen LogP) is 4.16. The third kappa shape index (κ3) is 3.51. The first-order valence-electron chi connectivity index (χ1n) is 9.07. The number of nitrogens with zero attached hydrogens (tertiary/aromatic N) is 2. The highest BCUT2D eigenvalue weighted by atomic mass is 16.5.